The second kappa shape index (κ2) is 5.43. The molecule has 0 radical (unpaired) electrons. The first-order chi connectivity index (χ1) is 8.39. The van der Waals surface area contributed by atoms with E-state index in [2.05, 4.69) is 37.5 Å². The van der Waals surface area contributed by atoms with Gasteiger partial charge in [-0.15, -0.1) is 0 Å². The molecule has 0 aromatic rings. The molecule has 0 unspecified atom stereocenters. The van der Waals surface area contributed by atoms with E-state index in [0.29, 0.717) is 12.6 Å². The van der Waals surface area contributed by atoms with E-state index in [-0.39, 0.29) is 11.5 Å². The van der Waals surface area contributed by atoms with Crippen LogP contribution >= 0.6 is 0 Å². The average Bonchev–Trinajstić information content (AvgIpc) is 2.58. The van der Waals surface area contributed by atoms with Crippen LogP contribution in [-0.2, 0) is 4.74 Å². The molecule has 18 heavy (non-hydrogen) atoms. The van der Waals surface area contributed by atoms with Gasteiger partial charge in [-0.25, -0.2) is 4.39 Å². The zero-order valence-electron chi connectivity index (χ0n) is 12.2. The Balaban J connectivity index is 1.96. The fourth-order valence-corrected chi connectivity index (χ4v) is 3.26. The molecule has 4 heteroatoms. The van der Waals surface area contributed by atoms with Crippen molar-refractivity contribution in [2.24, 2.45) is 5.92 Å². The molecule has 0 aromatic heterocycles. The molecule has 0 bridgehead atoms. The van der Waals surface area contributed by atoms with Gasteiger partial charge in [-0.2, -0.15) is 0 Å². The predicted octanol–water partition coefficient (Wildman–Crippen LogP) is 1.78. The normalized spacial score (nSPS) is 36.2. The third-order valence-electron chi connectivity index (χ3n) is 4.38. The van der Waals surface area contributed by atoms with Gasteiger partial charge >= 0.3 is 0 Å². The van der Waals surface area contributed by atoms with Crippen LogP contribution in [-0.4, -0.2) is 66.9 Å². The molecule has 3 nitrogen and oxygen atoms in total. The van der Waals surface area contributed by atoms with Gasteiger partial charge in [0.05, 0.1) is 13.2 Å². The van der Waals surface area contributed by atoms with Crippen molar-refractivity contribution in [3.8, 4) is 0 Å². The minimum atomic E-state index is -0.693. The molecule has 0 spiro atoms. The highest BCUT2D eigenvalue weighted by atomic mass is 19.1. The van der Waals surface area contributed by atoms with Crippen LogP contribution in [0, 0.1) is 5.92 Å². The number of likely N-dealkylation sites (tertiary alicyclic amines) is 1. The van der Waals surface area contributed by atoms with Crippen molar-refractivity contribution in [2.75, 3.05) is 39.4 Å². The smallest absolute Gasteiger partial charge is 0.118 e. The van der Waals surface area contributed by atoms with Crippen molar-refractivity contribution >= 4 is 0 Å². The minimum Gasteiger partial charge on any atom is -0.379 e. The molecule has 0 aliphatic carbocycles. The molecule has 2 heterocycles. The standard InChI is InChI=1S/C14H27FN2O/c1-11-12(9-16-5-7-18-8-6-16)13(15)10-17(11)14(2,3)4/h11-13H,5-10H2,1-4H3/t11-,12-,13+/m1/s1. The summed E-state index contributed by atoms with van der Waals surface area (Å²) < 4.78 is 19.6. The Morgan fingerprint density at radius 3 is 2.33 bits per heavy atom. The summed E-state index contributed by atoms with van der Waals surface area (Å²) in [6.45, 7) is 13.6. The van der Waals surface area contributed by atoms with Gasteiger partial charge in [-0.1, -0.05) is 0 Å². The largest absolute Gasteiger partial charge is 0.379 e. The van der Waals surface area contributed by atoms with Crippen molar-refractivity contribution in [2.45, 2.75) is 45.4 Å². The Morgan fingerprint density at radius 1 is 1.22 bits per heavy atom. The second-order valence-electron chi connectivity index (χ2n) is 6.66. The number of morpholine rings is 1. The third-order valence-corrected chi connectivity index (χ3v) is 4.38. The van der Waals surface area contributed by atoms with Crippen LogP contribution in [0.3, 0.4) is 0 Å². The molecule has 2 aliphatic heterocycles. The summed E-state index contributed by atoms with van der Waals surface area (Å²) in [4.78, 5) is 4.66. The summed E-state index contributed by atoms with van der Waals surface area (Å²) in [5, 5.41) is 0. The average molecular weight is 258 g/mol. The first kappa shape index (κ1) is 14.2. The lowest BCUT2D eigenvalue weighted by Gasteiger charge is -2.37. The molecule has 2 aliphatic rings. The summed E-state index contributed by atoms with van der Waals surface area (Å²) in [5.41, 5.74) is 0.0590. The molecule has 106 valence electrons. The van der Waals surface area contributed by atoms with Crippen LogP contribution in [0.4, 0.5) is 4.39 Å². The highest BCUT2D eigenvalue weighted by molar-refractivity contribution is 4.97. The molecule has 3 atom stereocenters. The number of hydrogen-bond acceptors (Lipinski definition) is 3. The zero-order valence-corrected chi connectivity index (χ0v) is 12.2. The topological polar surface area (TPSA) is 15.7 Å². The van der Waals surface area contributed by atoms with Gasteiger partial charge in [0.25, 0.3) is 0 Å². The molecule has 0 saturated carbocycles. The molecular weight excluding hydrogens is 231 g/mol. The van der Waals surface area contributed by atoms with E-state index in [9.17, 15) is 4.39 Å². The molecule has 0 N–H and O–H groups in total. The Morgan fingerprint density at radius 2 is 1.83 bits per heavy atom. The maximum absolute atomic E-state index is 14.3. The highest BCUT2D eigenvalue weighted by Crippen LogP contribution is 2.33. The summed E-state index contributed by atoms with van der Waals surface area (Å²) in [6, 6.07) is 0.322. The Kier molecular flexibility index (Phi) is 4.29. The quantitative estimate of drug-likeness (QED) is 0.751. The SMILES string of the molecule is C[C@@H]1[C@@H](CN2CCOCC2)[C@@H](F)CN1C(C)(C)C. The molecule has 2 rings (SSSR count). The minimum absolute atomic E-state index is 0.0590. The molecule has 2 fully saturated rings. The second-order valence-corrected chi connectivity index (χ2v) is 6.66. The first-order valence-electron chi connectivity index (χ1n) is 7.10. The number of rotatable bonds is 2. The zero-order chi connectivity index (χ0) is 13.3. The highest BCUT2D eigenvalue weighted by Gasteiger charge is 2.44. The van der Waals surface area contributed by atoms with Crippen molar-refractivity contribution in [1.82, 2.24) is 9.80 Å². The lowest BCUT2D eigenvalue weighted by molar-refractivity contribution is 0.0218. The van der Waals surface area contributed by atoms with E-state index in [1.165, 1.54) is 0 Å². The van der Waals surface area contributed by atoms with Crippen molar-refractivity contribution < 1.29 is 9.13 Å². The van der Waals surface area contributed by atoms with E-state index < -0.39 is 6.17 Å². The van der Waals surface area contributed by atoms with Gasteiger partial charge in [0.2, 0.25) is 0 Å². The van der Waals surface area contributed by atoms with Crippen LogP contribution in [0.5, 0.6) is 0 Å². The predicted molar refractivity (Wildman–Crippen MR) is 71.6 cm³/mol. The molecule has 2 saturated heterocycles. The van der Waals surface area contributed by atoms with E-state index >= 15 is 0 Å². The Hall–Kier alpha value is -0.190. The summed E-state index contributed by atoms with van der Waals surface area (Å²) in [5.74, 6) is 0.141. The van der Waals surface area contributed by atoms with Crippen LogP contribution in [0.1, 0.15) is 27.7 Å². The summed E-state index contributed by atoms with van der Waals surface area (Å²) in [6.07, 6.45) is -0.693. The summed E-state index contributed by atoms with van der Waals surface area (Å²) >= 11 is 0. The van der Waals surface area contributed by atoms with E-state index in [4.69, 9.17) is 4.74 Å². The van der Waals surface area contributed by atoms with Gasteiger partial charge in [0, 0.05) is 43.7 Å². The lowest BCUT2D eigenvalue weighted by Crippen LogP contribution is -2.47. The number of halogens is 1. The molecule has 0 amide bonds. The first-order valence-corrected chi connectivity index (χ1v) is 7.10. The number of alkyl halides is 1. The number of nitrogens with zero attached hydrogens (tertiary/aromatic N) is 2. The maximum Gasteiger partial charge on any atom is 0.118 e. The monoisotopic (exact) mass is 258 g/mol. The fourth-order valence-electron chi connectivity index (χ4n) is 3.26. The van der Waals surface area contributed by atoms with Gasteiger partial charge in [0.1, 0.15) is 6.17 Å². The van der Waals surface area contributed by atoms with Crippen molar-refractivity contribution in [3.05, 3.63) is 0 Å². The fraction of sp³-hybridized carbons (Fsp3) is 1.00. The van der Waals surface area contributed by atoms with Crippen LogP contribution < -0.4 is 0 Å². The van der Waals surface area contributed by atoms with Crippen molar-refractivity contribution in [1.29, 1.82) is 0 Å². The van der Waals surface area contributed by atoms with Crippen LogP contribution in [0.2, 0.25) is 0 Å². The number of hydrogen-bond donors (Lipinski definition) is 0. The Bertz CT molecular complexity index is 273. The van der Waals surface area contributed by atoms with Crippen molar-refractivity contribution in [3.63, 3.8) is 0 Å². The van der Waals surface area contributed by atoms with Gasteiger partial charge in [-0.05, 0) is 27.7 Å². The number of ether oxygens (including phenoxy) is 1. The maximum atomic E-state index is 14.3. The summed E-state index contributed by atoms with van der Waals surface area (Å²) in [7, 11) is 0. The van der Waals surface area contributed by atoms with E-state index in [1.54, 1.807) is 0 Å². The molecule has 0 aromatic carbocycles. The lowest BCUT2D eigenvalue weighted by atomic mass is 9.97. The Labute approximate surface area is 110 Å². The van der Waals surface area contributed by atoms with Gasteiger partial charge in [-0.3, -0.25) is 9.80 Å². The van der Waals surface area contributed by atoms with Gasteiger partial charge < -0.3 is 4.74 Å². The van der Waals surface area contributed by atoms with Gasteiger partial charge in [0.15, 0.2) is 0 Å². The third kappa shape index (κ3) is 3.03. The van der Waals surface area contributed by atoms with E-state index in [1.807, 2.05) is 0 Å². The van der Waals surface area contributed by atoms with E-state index in [0.717, 1.165) is 32.8 Å². The molecular formula is C14H27FN2O. The van der Waals surface area contributed by atoms with Crippen LogP contribution in [0.15, 0.2) is 0 Å². The van der Waals surface area contributed by atoms with Crippen LogP contribution in [0.25, 0.3) is 0 Å².